The highest BCUT2D eigenvalue weighted by atomic mass is 16.7. The smallest absolute Gasteiger partial charge is 0.308 e. The lowest BCUT2D eigenvalue weighted by Gasteiger charge is -2.35. The van der Waals surface area contributed by atoms with Gasteiger partial charge in [0.2, 0.25) is 0 Å². The minimum absolute atomic E-state index is 0.0174. The number of hydrogen-bond donors (Lipinski definition) is 1. The number of ether oxygens (including phenoxy) is 1. The molecule has 100 valence electrons. The number of aliphatic hydroxyl groups is 1. The first-order chi connectivity index (χ1) is 7.58. The lowest BCUT2D eigenvalue weighted by Crippen LogP contribution is -2.54. The van der Waals surface area contributed by atoms with E-state index in [4.69, 9.17) is 4.74 Å². The molecule has 0 aliphatic heterocycles. The SMILES string of the molecule is CCCC(=O)O[C@](O)(CC(=O)[O-])C[N+](C)(C)C. The molecule has 0 saturated carbocycles. The fourth-order valence-corrected chi connectivity index (χ4v) is 1.56. The Bertz CT molecular complexity index is 284. The zero-order valence-corrected chi connectivity index (χ0v) is 10.9. The van der Waals surface area contributed by atoms with E-state index in [0.717, 1.165) is 0 Å². The van der Waals surface area contributed by atoms with E-state index >= 15 is 0 Å². The van der Waals surface area contributed by atoms with Crippen molar-refractivity contribution >= 4 is 11.9 Å². The number of quaternary nitrogens is 1. The Morgan fingerprint density at radius 3 is 2.24 bits per heavy atom. The molecule has 0 spiro atoms. The van der Waals surface area contributed by atoms with Crippen molar-refractivity contribution in [3.8, 4) is 0 Å². The number of carboxylic acid groups (broad SMARTS) is 1. The van der Waals surface area contributed by atoms with Gasteiger partial charge in [0.1, 0.15) is 6.54 Å². The van der Waals surface area contributed by atoms with Gasteiger partial charge in [-0.05, 0) is 6.42 Å². The van der Waals surface area contributed by atoms with Crippen LogP contribution in [0.5, 0.6) is 0 Å². The molecule has 17 heavy (non-hydrogen) atoms. The molecule has 0 aromatic carbocycles. The highest BCUT2D eigenvalue weighted by molar-refractivity contribution is 5.71. The molecule has 0 aromatic heterocycles. The van der Waals surface area contributed by atoms with Crippen LogP contribution in [0.4, 0.5) is 0 Å². The molecule has 0 bridgehead atoms. The van der Waals surface area contributed by atoms with Crippen molar-refractivity contribution in [2.24, 2.45) is 0 Å². The molecule has 1 atom stereocenters. The number of aliphatic carboxylic acids is 1. The second-order valence-corrected chi connectivity index (χ2v) is 5.17. The van der Waals surface area contributed by atoms with E-state index in [1.807, 2.05) is 0 Å². The second-order valence-electron chi connectivity index (χ2n) is 5.17. The Kier molecular flexibility index (Phi) is 5.57. The molecule has 6 nitrogen and oxygen atoms in total. The first kappa shape index (κ1) is 15.9. The van der Waals surface area contributed by atoms with Gasteiger partial charge in [-0.3, -0.25) is 4.79 Å². The van der Waals surface area contributed by atoms with Crippen molar-refractivity contribution in [1.82, 2.24) is 0 Å². The Labute approximate surface area is 101 Å². The molecular weight excluding hydrogens is 226 g/mol. The van der Waals surface area contributed by atoms with Crippen LogP contribution in [-0.4, -0.2) is 55.0 Å². The van der Waals surface area contributed by atoms with Crippen molar-refractivity contribution < 1.29 is 29.0 Å². The maximum absolute atomic E-state index is 11.3. The predicted molar refractivity (Wildman–Crippen MR) is 58.5 cm³/mol. The average Bonchev–Trinajstić information content (AvgIpc) is 1.95. The summed E-state index contributed by atoms with van der Waals surface area (Å²) in [7, 11) is 5.27. The topological polar surface area (TPSA) is 86.7 Å². The number of nitrogens with zero attached hydrogens (tertiary/aromatic N) is 1. The van der Waals surface area contributed by atoms with Gasteiger partial charge >= 0.3 is 5.97 Å². The molecule has 0 aromatic rings. The van der Waals surface area contributed by atoms with Crippen LogP contribution in [0.2, 0.25) is 0 Å². The fourth-order valence-electron chi connectivity index (χ4n) is 1.56. The maximum atomic E-state index is 11.3. The summed E-state index contributed by atoms with van der Waals surface area (Å²) in [5, 5.41) is 20.6. The van der Waals surface area contributed by atoms with Crippen molar-refractivity contribution in [2.45, 2.75) is 32.0 Å². The molecule has 0 aliphatic carbocycles. The molecule has 0 unspecified atom stereocenters. The zero-order valence-electron chi connectivity index (χ0n) is 10.9. The van der Waals surface area contributed by atoms with Crippen LogP contribution in [0.15, 0.2) is 0 Å². The van der Waals surface area contributed by atoms with Gasteiger partial charge in [0.05, 0.1) is 27.6 Å². The van der Waals surface area contributed by atoms with Gasteiger partial charge in [-0.15, -0.1) is 0 Å². The monoisotopic (exact) mass is 247 g/mol. The van der Waals surface area contributed by atoms with Crippen LogP contribution in [0.25, 0.3) is 0 Å². The summed E-state index contributed by atoms with van der Waals surface area (Å²) in [6.45, 7) is 1.77. The summed E-state index contributed by atoms with van der Waals surface area (Å²) >= 11 is 0. The number of carbonyl (C=O) groups is 2. The number of hydrogen-bond acceptors (Lipinski definition) is 5. The first-order valence-electron chi connectivity index (χ1n) is 5.52. The molecular formula is C11H21NO5. The quantitative estimate of drug-likeness (QED) is 0.349. The van der Waals surface area contributed by atoms with Gasteiger partial charge in [0.25, 0.3) is 5.79 Å². The first-order valence-corrected chi connectivity index (χ1v) is 5.52. The van der Waals surface area contributed by atoms with Gasteiger partial charge in [-0.2, -0.15) is 0 Å². The minimum Gasteiger partial charge on any atom is -0.550 e. The van der Waals surface area contributed by atoms with Crippen LogP contribution in [-0.2, 0) is 14.3 Å². The summed E-state index contributed by atoms with van der Waals surface area (Å²) in [5.41, 5.74) is 0. The van der Waals surface area contributed by atoms with E-state index < -0.39 is 24.1 Å². The van der Waals surface area contributed by atoms with Crippen LogP contribution in [0.1, 0.15) is 26.2 Å². The summed E-state index contributed by atoms with van der Waals surface area (Å²) < 4.78 is 5.11. The molecule has 0 aliphatic rings. The van der Waals surface area contributed by atoms with Crippen molar-refractivity contribution in [3.63, 3.8) is 0 Å². The number of likely N-dealkylation sites (N-methyl/N-ethyl adjacent to an activating group) is 1. The van der Waals surface area contributed by atoms with Crippen LogP contribution in [0.3, 0.4) is 0 Å². The van der Waals surface area contributed by atoms with Crippen LogP contribution < -0.4 is 5.11 Å². The highest BCUT2D eigenvalue weighted by Gasteiger charge is 2.37. The molecule has 6 heteroatoms. The van der Waals surface area contributed by atoms with E-state index in [2.05, 4.69) is 0 Å². The Balaban J connectivity index is 4.72. The Morgan fingerprint density at radius 2 is 1.88 bits per heavy atom. The predicted octanol–water partition coefficient (Wildman–Crippen LogP) is -1.14. The molecule has 0 radical (unpaired) electrons. The van der Waals surface area contributed by atoms with Gasteiger partial charge in [-0.1, -0.05) is 6.92 Å². The number of carboxylic acids is 1. The van der Waals surface area contributed by atoms with Crippen molar-refractivity contribution in [1.29, 1.82) is 0 Å². The number of esters is 1. The van der Waals surface area contributed by atoms with Gasteiger partial charge in [-0.25, -0.2) is 0 Å². The summed E-state index contributed by atoms with van der Waals surface area (Å²) in [6, 6.07) is 0. The minimum atomic E-state index is -2.01. The van der Waals surface area contributed by atoms with E-state index in [9.17, 15) is 19.8 Å². The van der Waals surface area contributed by atoms with Crippen LogP contribution >= 0.6 is 0 Å². The van der Waals surface area contributed by atoms with E-state index in [0.29, 0.717) is 6.42 Å². The van der Waals surface area contributed by atoms with E-state index in [1.54, 1.807) is 28.1 Å². The van der Waals surface area contributed by atoms with Crippen molar-refractivity contribution in [2.75, 3.05) is 27.7 Å². The lowest BCUT2D eigenvalue weighted by atomic mass is 10.1. The molecule has 1 N–H and O–H groups in total. The summed E-state index contributed by atoms with van der Waals surface area (Å²) in [4.78, 5) is 21.9. The standard InChI is InChI=1S/C11H21NO5/c1-5-6-10(15)17-11(16,7-9(13)14)8-12(2,3)4/h16H,5-8H2,1-4H3/t11-/m1/s1. The number of rotatable bonds is 7. The fraction of sp³-hybridized carbons (Fsp3) is 0.818. The Morgan fingerprint density at radius 1 is 1.35 bits per heavy atom. The normalized spacial score (nSPS) is 15.1. The second kappa shape index (κ2) is 5.97. The third kappa shape index (κ3) is 7.70. The van der Waals surface area contributed by atoms with E-state index in [1.165, 1.54) is 0 Å². The summed E-state index contributed by atoms with van der Waals surface area (Å²) in [5.74, 6) is -4.07. The molecule has 0 saturated heterocycles. The Hall–Kier alpha value is -1.14. The maximum Gasteiger partial charge on any atom is 0.308 e. The van der Waals surface area contributed by atoms with Gasteiger partial charge < -0.3 is 24.2 Å². The number of carbonyl (C=O) groups excluding carboxylic acids is 2. The third-order valence-corrected chi connectivity index (χ3v) is 1.90. The third-order valence-electron chi connectivity index (χ3n) is 1.90. The largest absolute Gasteiger partial charge is 0.550 e. The zero-order chi connectivity index (χ0) is 13.7. The molecule has 0 rings (SSSR count). The average molecular weight is 247 g/mol. The molecule has 0 amide bonds. The summed E-state index contributed by atoms with van der Waals surface area (Å²) in [6.07, 6.45) is -0.00488. The molecule has 0 heterocycles. The molecule has 0 fully saturated rings. The lowest BCUT2D eigenvalue weighted by molar-refractivity contribution is -0.880. The van der Waals surface area contributed by atoms with Gasteiger partial charge in [0.15, 0.2) is 0 Å². The highest BCUT2D eigenvalue weighted by Crippen LogP contribution is 2.17. The van der Waals surface area contributed by atoms with Gasteiger partial charge in [0, 0.05) is 12.4 Å². The van der Waals surface area contributed by atoms with Crippen LogP contribution in [0, 0.1) is 0 Å². The van der Waals surface area contributed by atoms with Crippen molar-refractivity contribution in [3.05, 3.63) is 0 Å². The van der Waals surface area contributed by atoms with E-state index in [-0.39, 0.29) is 17.4 Å².